The van der Waals surface area contributed by atoms with E-state index in [1.54, 1.807) is 0 Å². The number of aryl methyl sites for hydroxylation is 1. The number of hydrogen-bond acceptors (Lipinski definition) is 6. The van der Waals surface area contributed by atoms with Gasteiger partial charge in [-0.25, -0.2) is 0 Å². The number of nitrogens with one attached hydrogen (secondary N) is 1. The maximum absolute atomic E-state index is 12.0. The SMILES string of the molecule is NC(=O)C(CCOc1ccc([N+](=O)[O-])c(C=O)c1)C1CCc2ccccc2N1. The number of fused-ring (bicyclic) bond motifs is 1. The number of ether oxygens (including phenoxy) is 1. The Bertz CT molecular complexity index is 899. The van der Waals surface area contributed by atoms with Crippen molar-refractivity contribution in [1.29, 1.82) is 0 Å². The van der Waals surface area contributed by atoms with E-state index in [4.69, 9.17) is 10.5 Å². The standard InChI is InChI=1S/C20H21N3O5/c21-20(25)16(18-7-5-13-3-1-2-4-17(13)22-18)9-10-28-15-6-8-19(23(26)27)14(11-15)12-24/h1-4,6,8,11-12,16,18,22H,5,7,9-10H2,(H2,21,25). The van der Waals surface area contributed by atoms with Crippen molar-refractivity contribution in [3.05, 3.63) is 63.7 Å². The highest BCUT2D eigenvalue weighted by molar-refractivity contribution is 5.82. The summed E-state index contributed by atoms with van der Waals surface area (Å²) in [6.45, 7) is 0.198. The van der Waals surface area contributed by atoms with Gasteiger partial charge in [-0.15, -0.1) is 0 Å². The number of nitro groups is 1. The van der Waals surface area contributed by atoms with Crippen LogP contribution in [0.5, 0.6) is 5.75 Å². The van der Waals surface area contributed by atoms with Gasteiger partial charge in [0.15, 0.2) is 6.29 Å². The molecule has 1 aliphatic rings. The molecule has 0 fully saturated rings. The van der Waals surface area contributed by atoms with Crippen LogP contribution in [0.2, 0.25) is 0 Å². The van der Waals surface area contributed by atoms with Crippen LogP contribution in [0.15, 0.2) is 42.5 Å². The van der Waals surface area contributed by atoms with E-state index in [-0.39, 0.29) is 23.9 Å². The van der Waals surface area contributed by atoms with Crippen molar-refractivity contribution in [3.63, 3.8) is 0 Å². The molecule has 3 N–H and O–H groups in total. The summed E-state index contributed by atoms with van der Waals surface area (Å²) in [5.74, 6) is -0.493. The molecule has 146 valence electrons. The quantitative estimate of drug-likeness (QED) is 0.410. The summed E-state index contributed by atoms with van der Waals surface area (Å²) in [5, 5.41) is 14.3. The molecule has 3 rings (SSSR count). The summed E-state index contributed by atoms with van der Waals surface area (Å²) >= 11 is 0. The summed E-state index contributed by atoms with van der Waals surface area (Å²) in [7, 11) is 0. The fraction of sp³-hybridized carbons (Fsp3) is 0.300. The van der Waals surface area contributed by atoms with Crippen LogP contribution >= 0.6 is 0 Å². The Hall–Kier alpha value is -3.42. The fourth-order valence-electron chi connectivity index (χ4n) is 3.49. The molecule has 0 bridgehead atoms. The van der Waals surface area contributed by atoms with Crippen LogP contribution in [0.1, 0.15) is 28.8 Å². The molecule has 2 aromatic rings. The van der Waals surface area contributed by atoms with E-state index in [9.17, 15) is 19.7 Å². The molecule has 2 atom stereocenters. The first-order chi connectivity index (χ1) is 13.5. The topological polar surface area (TPSA) is 125 Å². The van der Waals surface area contributed by atoms with Gasteiger partial charge in [-0.1, -0.05) is 18.2 Å². The number of amides is 1. The van der Waals surface area contributed by atoms with Gasteiger partial charge < -0.3 is 15.8 Å². The van der Waals surface area contributed by atoms with Gasteiger partial charge in [0.1, 0.15) is 5.75 Å². The monoisotopic (exact) mass is 383 g/mol. The molecule has 28 heavy (non-hydrogen) atoms. The number of nitrogens with two attached hydrogens (primary N) is 1. The first kappa shape index (κ1) is 19.3. The third-order valence-corrected chi connectivity index (χ3v) is 4.95. The third-order valence-electron chi connectivity index (χ3n) is 4.95. The number of benzene rings is 2. The normalized spacial score (nSPS) is 16.4. The lowest BCUT2D eigenvalue weighted by Gasteiger charge is -2.31. The highest BCUT2D eigenvalue weighted by Crippen LogP contribution is 2.29. The van der Waals surface area contributed by atoms with Crippen molar-refractivity contribution < 1.29 is 19.2 Å². The summed E-state index contributed by atoms with van der Waals surface area (Å²) in [6, 6.07) is 11.9. The smallest absolute Gasteiger partial charge is 0.280 e. The first-order valence-corrected chi connectivity index (χ1v) is 8.99. The molecule has 2 aromatic carbocycles. The third kappa shape index (κ3) is 4.28. The van der Waals surface area contributed by atoms with Crippen LogP contribution < -0.4 is 15.8 Å². The van der Waals surface area contributed by atoms with Gasteiger partial charge in [0.2, 0.25) is 5.91 Å². The number of carbonyl (C=O) groups is 2. The van der Waals surface area contributed by atoms with E-state index in [0.29, 0.717) is 18.5 Å². The van der Waals surface area contributed by atoms with Crippen LogP contribution in [0, 0.1) is 16.0 Å². The minimum atomic E-state index is -0.622. The summed E-state index contributed by atoms with van der Waals surface area (Å²) in [4.78, 5) is 33.3. The first-order valence-electron chi connectivity index (χ1n) is 8.99. The Balaban J connectivity index is 1.63. The van der Waals surface area contributed by atoms with E-state index in [1.165, 1.54) is 23.8 Å². The van der Waals surface area contributed by atoms with E-state index >= 15 is 0 Å². The van der Waals surface area contributed by atoms with E-state index in [1.807, 2.05) is 18.2 Å². The second-order valence-corrected chi connectivity index (χ2v) is 6.69. The van der Waals surface area contributed by atoms with E-state index < -0.39 is 16.7 Å². The highest BCUT2D eigenvalue weighted by Gasteiger charge is 2.29. The lowest BCUT2D eigenvalue weighted by Crippen LogP contribution is -2.41. The van der Waals surface area contributed by atoms with Crippen LogP contribution in [0.3, 0.4) is 0 Å². The molecule has 8 heteroatoms. The molecule has 0 radical (unpaired) electrons. The highest BCUT2D eigenvalue weighted by atomic mass is 16.6. The fourth-order valence-corrected chi connectivity index (χ4v) is 3.49. The van der Waals surface area contributed by atoms with Gasteiger partial charge in [-0.05, 0) is 43.0 Å². The number of nitro benzene ring substituents is 1. The predicted molar refractivity (Wildman–Crippen MR) is 103 cm³/mol. The van der Waals surface area contributed by atoms with Gasteiger partial charge >= 0.3 is 0 Å². The molecule has 0 saturated carbocycles. The van der Waals surface area contributed by atoms with Crippen molar-refractivity contribution in [2.45, 2.75) is 25.3 Å². The molecule has 1 heterocycles. The van der Waals surface area contributed by atoms with Crippen LogP contribution in [0.25, 0.3) is 0 Å². The molecule has 0 aromatic heterocycles. The zero-order valence-corrected chi connectivity index (χ0v) is 15.2. The van der Waals surface area contributed by atoms with Gasteiger partial charge in [-0.2, -0.15) is 0 Å². The number of nitrogens with zero attached hydrogens (tertiary/aromatic N) is 1. The van der Waals surface area contributed by atoms with Gasteiger partial charge in [-0.3, -0.25) is 19.7 Å². The number of carbonyl (C=O) groups excluding carboxylic acids is 2. The number of hydrogen-bond donors (Lipinski definition) is 2. The molecule has 2 unspecified atom stereocenters. The summed E-state index contributed by atoms with van der Waals surface area (Å²) in [5.41, 5.74) is 7.50. The largest absolute Gasteiger partial charge is 0.494 e. The molecule has 8 nitrogen and oxygen atoms in total. The van der Waals surface area contributed by atoms with Crippen LogP contribution in [-0.4, -0.2) is 29.8 Å². The Morgan fingerprint density at radius 1 is 1.36 bits per heavy atom. The predicted octanol–water partition coefficient (Wildman–Crippen LogP) is 2.70. The number of aldehydes is 1. The van der Waals surface area contributed by atoms with Crippen molar-refractivity contribution in [2.24, 2.45) is 11.7 Å². The Morgan fingerprint density at radius 3 is 2.86 bits per heavy atom. The Labute approximate surface area is 161 Å². The van der Waals surface area contributed by atoms with E-state index in [2.05, 4.69) is 11.4 Å². The number of rotatable bonds is 8. The minimum Gasteiger partial charge on any atom is -0.494 e. The Kier molecular flexibility index (Phi) is 5.88. The molecular weight excluding hydrogens is 362 g/mol. The maximum Gasteiger partial charge on any atom is 0.280 e. The van der Waals surface area contributed by atoms with Gasteiger partial charge in [0.05, 0.1) is 23.0 Å². The van der Waals surface area contributed by atoms with Crippen molar-refractivity contribution in [2.75, 3.05) is 11.9 Å². The minimum absolute atomic E-state index is 0.0560. The van der Waals surface area contributed by atoms with Crippen LogP contribution in [0.4, 0.5) is 11.4 Å². The average molecular weight is 383 g/mol. The van der Waals surface area contributed by atoms with Crippen molar-refractivity contribution in [1.82, 2.24) is 0 Å². The molecule has 0 saturated heterocycles. The molecular formula is C20H21N3O5. The lowest BCUT2D eigenvalue weighted by molar-refractivity contribution is -0.385. The molecule has 0 aliphatic carbocycles. The second kappa shape index (κ2) is 8.51. The summed E-state index contributed by atoms with van der Waals surface area (Å²) in [6.07, 6.45) is 2.46. The number of para-hydroxylation sites is 1. The van der Waals surface area contributed by atoms with Gasteiger partial charge in [0.25, 0.3) is 5.69 Å². The van der Waals surface area contributed by atoms with Gasteiger partial charge in [0, 0.05) is 17.8 Å². The zero-order chi connectivity index (χ0) is 20.1. The number of anilines is 1. The van der Waals surface area contributed by atoms with Crippen molar-refractivity contribution >= 4 is 23.6 Å². The van der Waals surface area contributed by atoms with E-state index in [0.717, 1.165) is 18.5 Å². The molecule has 0 spiro atoms. The average Bonchev–Trinajstić information content (AvgIpc) is 2.70. The van der Waals surface area contributed by atoms with Crippen molar-refractivity contribution in [3.8, 4) is 5.75 Å². The zero-order valence-electron chi connectivity index (χ0n) is 15.2. The molecule has 1 amide bonds. The molecule has 1 aliphatic heterocycles. The maximum atomic E-state index is 12.0. The Morgan fingerprint density at radius 2 is 2.14 bits per heavy atom. The summed E-state index contributed by atoms with van der Waals surface area (Å²) < 4.78 is 5.61. The van der Waals surface area contributed by atoms with Crippen LogP contribution in [-0.2, 0) is 11.2 Å². The lowest BCUT2D eigenvalue weighted by atomic mass is 9.87. The number of primary amides is 1. The second-order valence-electron chi connectivity index (χ2n) is 6.69.